The molecule has 0 spiro atoms. The van der Waals surface area contributed by atoms with Crippen LogP contribution >= 0.6 is 24.4 Å². The topological polar surface area (TPSA) is 57.6 Å². The summed E-state index contributed by atoms with van der Waals surface area (Å²) in [5.41, 5.74) is 2.40. The zero-order valence-corrected chi connectivity index (χ0v) is 15.6. The Bertz CT molecular complexity index is 697. The van der Waals surface area contributed by atoms with E-state index in [0.717, 1.165) is 16.7 Å². The highest BCUT2D eigenvalue weighted by molar-refractivity contribution is 8.14. The van der Waals surface area contributed by atoms with Crippen LogP contribution in [0.1, 0.15) is 26.3 Å². The van der Waals surface area contributed by atoms with Crippen molar-refractivity contribution < 1.29 is 14.7 Å². The highest BCUT2D eigenvalue weighted by Gasteiger charge is 2.44. The Morgan fingerprint density at radius 3 is 2.38 bits per heavy atom. The van der Waals surface area contributed by atoms with Crippen LogP contribution in [0.25, 0.3) is 5.57 Å². The zero-order chi connectivity index (χ0) is 18.0. The molecule has 1 fully saturated rings. The van der Waals surface area contributed by atoms with Crippen LogP contribution in [0.15, 0.2) is 47.4 Å². The predicted octanol–water partition coefficient (Wildman–Crippen LogP) is 3.87. The first kappa shape index (κ1) is 18.7. The average molecular weight is 364 g/mol. The second-order valence-corrected chi connectivity index (χ2v) is 7.96. The predicted molar refractivity (Wildman–Crippen MR) is 102 cm³/mol. The molecule has 0 radical (unpaired) electrons. The number of carboxylic acid groups (broad SMARTS) is 1. The maximum atomic E-state index is 13.0. The van der Waals surface area contributed by atoms with E-state index >= 15 is 0 Å². The van der Waals surface area contributed by atoms with Gasteiger partial charge in [0.2, 0.25) is 0 Å². The van der Waals surface area contributed by atoms with Crippen molar-refractivity contribution in [3.63, 3.8) is 0 Å². The number of rotatable bonds is 5. The number of allylic oxidation sites excluding steroid dienone is 2. The van der Waals surface area contributed by atoms with E-state index in [1.165, 1.54) is 16.7 Å². The number of thiol groups is 1. The van der Waals surface area contributed by atoms with Gasteiger partial charge in [-0.05, 0) is 24.0 Å². The molecule has 2 unspecified atom stereocenters. The number of benzene rings is 1. The number of thioether (sulfide) groups is 1. The zero-order valence-electron chi connectivity index (χ0n) is 13.9. The second kappa shape index (κ2) is 7.49. The lowest BCUT2D eigenvalue weighted by atomic mass is 9.98. The number of carbonyl (C=O) groups is 2. The van der Waals surface area contributed by atoms with Gasteiger partial charge in [0.15, 0.2) is 0 Å². The maximum Gasteiger partial charge on any atom is 0.326 e. The van der Waals surface area contributed by atoms with Crippen LogP contribution < -0.4 is 0 Å². The van der Waals surface area contributed by atoms with E-state index in [1.54, 1.807) is 13.8 Å². The Labute approximate surface area is 152 Å². The van der Waals surface area contributed by atoms with E-state index in [9.17, 15) is 14.7 Å². The molecule has 1 amide bonds. The van der Waals surface area contributed by atoms with Gasteiger partial charge in [0, 0.05) is 5.57 Å². The number of hydrogen-bond acceptors (Lipinski definition) is 4. The Kier molecular flexibility index (Phi) is 5.83. The molecule has 1 aromatic carbocycles. The number of carboxylic acids is 1. The molecule has 1 N–H and O–H groups in total. The summed E-state index contributed by atoms with van der Waals surface area (Å²) in [5, 5.41) is 9.52. The molecule has 0 aromatic heterocycles. The third-order valence-electron chi connectivity index (χ3n) is 3.79. The lowest BCUT2D eigenvalue weighted by Gasteiger charge is -2.29. The van der Waals surface area contributed by atoms with E-state index in [0.29, 0.717) is 4.91 Å². The van der Waals surface area contributed by atoms with Gasteiger partial charge in [-0.1, -0.05) is 62.5 Å². The number of nitrogens with zero attached hydrogens (tertiary/aromatic N) is 1. The molecule has 1 aliphatic rings. The van der Waals surface area contributed by atoms with Crippen LogP contribution in [-0.2, 0) is 9.59 Å². The molecule has 0 aliphatic carbocycles. The third-order valence-corrected chi connectivity index (χ3v) is 5.41. The van der Waals surface area contributed by atoms with Gasteiger partial charge in [0.25, 0.3) is 5.91 Å². The van der Waals surface area contributed by atoms with Gasteiger partial charge in [0.1, 0.15) is 10.7 Å². The lowest BCUT2D eigenvalue weighted by molar-refractivity contribution is -0.149. The first-order valence-corrected chi connectivity index (χ1v) is 9.01. The Balaban J connectivity index is 2.54. The number of amides is 1. The van der Waals surface area contributed by atoms with Crippen LogP contribution in [0.2, 0.25) is 0 Å². The largest absolute Gasteiger partial charge is 0.480 e. The molecule has 2 rings (SSSR count). The minimum atomic E-state index is -1.02. The van der Waals surface area contributed by atoms with Crippen molar-refractivity contribution in [2.24, 2.45) is 5.92 Å². The summed E-state index contributed by atoms with van der Waals surface area (Å²) in [4.78, 5) is 26.5. The van der Waals surface area contributed by atoms with Crippen molar-refractivity contribution in [1.29, 1.82) is 0 Å². The first-order chi connectivity index (χ1) is 11.3. The van der Waals surface area contributed by atoms with Crippen LogP contribution in [0.3, 0.4) is 0 Å². The van der Waals surface area contributed by atoms with Crippen molar-refractivity contribution >= 4 is 41.8 Å². The molecule has 1 aromatic rings. The molecule has 2 atom stereocenters. The smallest absolute Gasteiger partial charge is 0.326 e. The molecule has 1 aliphatic heterocycles. The second-order valence-electron chi connectivity index (χ2n) is 6.03. The fourth-order valence-corrected chi connectivity index (χ4v) is 4.49. The van der Waals surface area contributed by atoms with Crippen molar-refractivity contribution in [2.45, 2.75) is 31.5 Å². The Morgan fingerprint density at radius 2 is 1.92 bits per heavy atom. The molecule has 0 saturated carbocycles. The molecule has 0 bridgehead atoms. The molecule has 128 valence electrons. The van der Waals surface area contributed by atoms with Crippen molar-refractivity contribution in [1.82, 2.24) is 4.90 Å². The van der Waals surface area contributed by atoms with Gasteiger partial charge in [-0.3, -0.25) is 4.79 Å². The monoisotopic (exact) mass is 363 g/mol. The standard InChI is InChI=1S/C18H21NO3S2/c1-10(2)13(12-8-6-5-7-9-12)15-16(20)19(18(23)24-15)14(11(3)4)17(21)22/h5-9,11,14,18,23H,1H2,2-4H3,(H,21,22)/b15-13+. The van der Waals surface area contributed by atoms with Gasteiger partial charge in [-0.25, -0.2) is 4.79 Å². The fraction of sp³-hybridized carbons (Fsp3) is 0.333. The summed E-state index contributed by atoms with van der Waals surface area (Å²) in [7, 11) is 0. The number of carbonyl (C=O) groups excluding carboxylic acids is 1. The Hall–Kier alpha value is -1.66. The van der Waals surface area contributed by atoms with E-state index in [1.807, 2.05) is 37.3 Å². The summed E-state index contributed by atoms with van der Waals surface area (Å²) in [6.07, 6.45) is 0. The van der Waals surface area contributed by atoms with Gasteiger partial charge in [0.05, 0.1) is 4.91 Å². The summed E-state index contributed by atoms with van der Waals surface area (Å²) in [6.45, 7) is 9.41. The van der Waals surface area contributed by atoms with Gasteiger partial charge >= 0.3 is 5.97 Å². The van der Waals surface area contributed by atoms with E-state index in [2.05, 4.69) is 19.2 Å². The maximum absolute atomic E-state index is 13.0. The molecular weight excluding hydrogens is 342 g/mol. The van der Waals surface area contributed by atoms with Gasteiger partial charge in [-0.2, -0.15) is 0 Å². The van der Waals surface area contributed by atoms with E-state index in [-0.39, 0.29) is 11.8 Å². The van der Waals surface area contributed by atoms with Gasteiger partial charge < -0.3 is 10.0 Å². The minimum Gasteiger partial charge on any atom is -0.480 e. The number of hydrogen-bond donors (Lipinski definition) is 2. The summed E-state index contributed by atoms with van der Waals surface area (Å²) < 4.78 is -0.533. The quantitative estimate of drug-likeness (QED) is 0.616. The Morgan fingerprint density at radius 1 is 1.33 bits per heavy atom. The van der Waals surface area contributed by atoms with Crippen molar-refractivity contribution in [3.05, 3.63) is 53.0 Å². The normalized spacial score (nSPS) is 21.1. The van der Waals surface area contributed by atoms with Crippen LogP contribution in [0.5, 0.6) is 0 Å². The number of aliphatic carboxylic acids is 1. The van der Waals surface area contributed by atoms with E-state index < -0.39 is 16.7 Å². The minimum absolute atomic E-state index is 0.217. The third kappa shape index (κ3) is 3.54. The molecule has 4 nitrogen and oxygen atoms in total. The average Bonchev–Trinajstić information content (AvgIpc) is 2.76. The van der Waals surface area contributed by atoms with E-state index in [4.69, 9.17) is 0 Å². The summed E-state index contributed by atoms with van der Waals surface area (Å²) in [5.74, 6) is -1.54. The molecule has 6 heteroatoms. The highest BCUT2D eigenvalue weighted by atomic mass is 32.2. The van der Waals surface area contributed by atoms with Crippen LogP contribution in [0.4, 0.5) is 0 Å². The van der Waals surface area contributed by atoms with Crippen molar-refractivity contribution in [3.8, 4) is 0 Å². The molecule has 24 heavy (non-hydrogen) atoms. The lowest BCUT2D eigenvalue weighted by Crippen LogP contribution is -2.47. The molecular formula is C18H21NO3S2. The van der Waals surface area contributed by atoms with Crippen molar-refractivity contribution in [2.75, 3.05) is 0 Å². The summed E-state index contributed by atoms with van der Waals surface area (Å²) in [6, 6.07) is 8.61. The first-order valence-electron chi connectivity index (χ1n) is 7.61. The SMILES string of the molecule is C=C(C)/C(=C1\SC(S)N(C(C(=O)O)C(C)C)C1=O)c1ccccc1. The van der Waals surface area contributed by atoms with Crippen LogP contribution in [0, 0.1) is 5.92 Å². The fourth-order valence-electron chi connectivity index (χ4n) is 2.76. The van der Waals surface area contributed by atoms with Gasteiger partial charge in [-0.15, -0.1) is 12.6 Å². The summed E-state index contributed by atoms with van der Waals surface area (Å²) >= 11 is 5.72. The molecule has 1 heterocycles. The molecule has 1 saturated heterocycles. The highest BCUT2D eigenvalue weighted by Crippen LogP contribution is 2.44. The van der Waals surface area contributed by atoms with Crippen LogP contribution in [-0.4, -0.2) is 32.6 Å².